The van der Waals surface area contributed by atoms with Crippen LogP contribution in [0.15, 0.2) is 0 Å². The van der Waals surface area contributed by atoms with Crippen LogP contribution in [0.5, 0.6) is 0 Å². The van der Waals surface area contributed by atoms with Gasteiger partial charge in [-0.3, -0.25) is 4.90 Å². The van der Waals surface area contributed by atoms with E-state index in [1.54, 1.807) is 0 Å². The van der Waals surface area contributed by atoms with Crippen LogP contribution in [-0.4, -0.2) is 43.8 Å². The Hall–Kier alpha value is -0.120. The van der Waals surface area contributed by atoms with E-state index in [0.29, 0.717) is 11.3 Å². The van der Waals surface area contributed by atoms with E-state index < -0.39 is 0 Å². The molecule has 1 saturated heterocycles. The third kappa shape index (κ3) is 3.20. The lowest BCUT2D eigenvalue weighted by molar-refractivity contribution is -0.0439. The molecule has 3 nitrogen and oxygen atoms in total. The molecule has 1 heterocycles. The molecular weight excluding hydrogens is 248 g/mol. The lowest BCUT2D eigenvalue weighted by Gasteiger charge is -2.55. The third-order valence-corrected chi connectivity index (χ3v) is 6.01. The van der Waals surface area contributed by atoms with E-state index in [1.165, 1.54) is 45.2 Å². The van der Waals surface area contributed by atoms with Gasteiger partial charge in [-0.1, -0.05) is 20.8 Å². The Bertz CT molecular complexity index is 310. The summed E-state index contributed by atoms with van der Waals surface area (Å²) < 4.78 is 5.32. The molecule has 2 aliphatic rings. The summed E-state index contributed by atoms with van der Waals surface area (Å²) >= 11 is 0. The van der Waals surface area contributed by atoms with Gasteiger partial charge in [-0.05, 0) is 62.4 Å². The molecule has 0 amide bonds. The molecular formula is C17H34N2O. The lowest BCUT2D eigenvalue weighted by atomic mass is 9.62. The largest absolute Gasteiger partial charge is 0.384 e. The van der Waals surface area contributed by atoms with Gasteiger partial charge in [0.05, 0.1) is 0 Å². The van der Waals surface area contributed by atoms with Crippen LogP contribution in [0.3, 0.4) is 0 Å². The van der Waals surface area contributed by atoms with Crippen LogP contribution in [0, 0.1) is 17.3 Å². The van der Waals surface area contributed by atoms with Crippen LogP contribution in [0.4, 0.5) is 0 Å². The molecule has 0 radical (unpaired) electrons. The normalized spacial score (nSPS) is 36.1. The van der Waals surface area contributed by atoms with Gasteiger partial charge in [0, 0.05) is 25.8 Å². The SMILES string of the molecule is COCC1CCN(C2(CN)CCC(C)(C)CC2C)CC1. The predicted molar refractivity (Wildman–Crippen MR) is 84.8 cm³/mol. The number of ether oxygens (including phenoxy) is 1. The minimum absolute atomic E-state index is 0.258. The van der Waals surface area contributed by atoms with E-state index >= 15 is 0 Å². The van der Waals surface area contributed by atoms with Crippen molar-refractivity contribution in [3.63, 3.8) is 0 Å². The van der Waals surface area contributed by atoms with Gasteiger partial charge in [-0.2, -0.15) is 0 Å². The average molecular weight is 282 g/mol. The van der Waals surface area contributed by atoms with Gasteiger partial charge in [0.25, 0.3) is 0 Å². The summed E-state index contributed by atoms with van der Waals surface area (Å²) in [5.41, 5.74) is 7.03. The number of likely N-dealkylation sites (tertiary alicyclic amines) is 1. The molecule has 2 atom stereocenters. The van der Waals surface area contributed by atoms with Crippen molar-refractivity contribution in [1.82, 2.24) is 4.90 Å². The third-order valence-electron chi connectivity index (χ3n) is 6.01. The zero-order chi connectivity index (χ0) is 14.8. The number of rotatable bonds is 4. The fourth-order valence-electron chi connectivity index (χ4n) is 4.60. The van der Waals surface area contributed by atoms with E-state index in [2.05, 4.69) is 25.7 Å². The fourth-order valence-corrected chi connectivity index (χ4v) is 4.60. The van der Waals surface area contributed by atoms with Crippen molar-refractivity contribution in [1.29, 1.82) is 0 Å². The van der Waals surface area contributed by atoms with E-state index in [4.69, 9.17) is 10.5 Å². The first-order valence-corrected chi connectivity index (χ1v) is 8.37. The molecule has 2 fully saturated rings. The van der Waals surface area contributed by atoms with Gasteiger partial charge in [0.2, 0.25) is 0 Å². The fraction of sp³-hybridized carbons (Fsp3) is 1.00. The van der Waals surface area contributed by atoms with Crippen molar-refractivity contribution in [2.75, 3.05) is 33.4 Å². The highest BCUT2D eigenvalue weighted by Gasteiger charge is 2.47. The first-order chi connectivity index (χ1) is 9.43. The van der Waals surface area contributed by atoms with Gasteiger partial charge < -0.3 is 10.5 Å². The molecule has 0 bridgehead atoms. The molecule has 0 aromatic carbocycles. The zero-order valence-corrected chi connectivity index (χ0v) is 14.0. The Morgan fingerprint density at radius 1 is 1.20 bits per heavy atom. The molecule has 2 unspecified atom stereocenters. The van der Waals surface area contributed by atoms with Gasteiger partial charge in [-0.15, -0.1) is 0 Å². The maximum atomic E-state index is 6.28. The Balaban J connectivity index is 2.02. The number of methoxy groups -OCH3 is 1. The molecule has 2 N–H and O–H groups in total. The minimum Gasteiger partial charge on any atom is -0.384 e. The first-order valence-electron chi connectivity index (χ1n) is 8.37. The smallest absolute Gasteiger partial charge is 0.0491 e. The summed E-state index contributed by atoms with van der Waals surface area (Å²) in [4.78, 5) is 2.72. The second-order valence-electron chi connectivity index (χ2n) is 7.96. The molecule has 2 rings (SSSR count). The molecule has 1 saturated carbocycles. The maximum Gasteiger partial charge on any atom is 0.0491 e. The van der Waals surface area contributed by atoms with Crippen molar-refractivity contribution >= 4 is 0 Å². The quantitative estimate of drug-likeness (QED) is 0.861. The summed E-state index contributed by atoms with van der Waals surface area (Å²) in [5, 5.41) is 0. The van der Waals surface area contributed by atoms with Gasteiger partial charge in [0.15, 0.2) is 0 Å². The summed E-state index contributed by atoms with van der Waals surface area (Å²) in [6.45, 7) is 11.4. The Kier molecular flexibility index (Phi) is 5.14. The van der Waals surface area contributed by atoms with Crippen LogP contribution in [0.25, 0.3) is 0 Å². The minimum atomic E-state index is 0.258. The van der Waals surface area contributed by atoms with Crippen LogP contribution in [0.1, 0.15) is 52.9 Å². The molecule has 0 aromatic rings. The van der Waals surface area contributed by atoms with Crippen LogP contribution >= 0.6 is 0 Å². The van der Waals surface area contributed by atoms with Crippen molar-refractivity contribution < 1.29 is 4.74 Å². The zero-order valence-electron chi connectivity index (χ0n) is 14.0. The number of piperidine rings is 1. The summed E-state index contributed by atoms with van der Waals surface area (Å²) in [7, 11) is 1.82. The van der Waals surface area contributed by atoms with E-state index in [9.17, 15) is 0 Å². The summed E-state index contributed by atoms with van der Waals surface area (Å²) in [5.74, 6) is 1.46. The molecule has 0 spiro atoms. The predicted octanol–water partition coefficient (Wildman–Crippen LogP) is 2.89. The molecule has 118 valence electrons. The van der Waals surface area contributed by atoms with E-state index in [0.717, 1.165) is 19.1 Å². The van der Waals surface area contributed by atoms with Crippen molar-refractivity contribution in [3.05, 3.63) is 0 Å². The standard InChI is InChI=1S/C17H34N2O/c1-14-11-16(2,3)7-8-17(14,13-18)19-9-5-15(6-10-19)12-20-4/h14-15H,5-13,18H2,1-4H3. The first kappa shape index (κ1) is 16.3. The van der Waals surface area contributed by atoms with Crippen LogP contribution in [0.2, 0.25) is 0 Å². The number of hydrogen-bond donors (Lipinski definition) is 1. The number of nitrogens with zero attached hydrogens (tertiary/aromatic N) is 1. The van der Waals surface area contributed by atoms with E-state index in [-0.39, 0.29) is 5.54 Å². The van der Waals surface area contributed by atoms with Crippen LogP contribution in [-0.2, 0) is 4.74 Å². The monoisotopic (exact) mass is 282 g/mol. The van der Waals surface area contributed by atoms with E-state index in [1.807, 2.05) is 7.11 Å². The van der Waals surface area contributed by atoms with Crippen molar-refractivity contribution in [2.45, 2.75) is 58.4 Å². The second kappa shape index (κ2) is 6.33. The maximum absolute atomic E-state index is 6.28. The van der Waals surface area contributed by atoms with Crippen molar-refractivity contribution in [2.24, 2.45) is 23.0 Å². The number of hydrogen-bond acceptors (Lipinski definition) is 3. The number of nitrogens with two attached hydrogens (primary N) is 1. The lowest BCUT2D eigenvalue weighted by Crippen LogP contribution is -2.62. The Labute approximate surface area is 125 Å². The topological polar surface area (TPSA) is 38.5 Å². The van der Waals surface area contributed by atoms with Gasteiger partial charge >= 0.3 is 0 Å². The Morgan fingerprint density at radius 3 is 2.35 bits per heavy atom. The van der Waals surface area contributed by atoms with Crippen LogP contribution < -0.4 is 5.73 Å². The Morgan fingerprint density at radius 2 is 1.85 bits per heavy atom. The van der Waals surface area contributed by atoms with Gasteiger partial charge in [-0.25, -0.2) is 0 Å². The second-order valence-corrected chi connectivity index (χ2v) is 7.96. The molecule has 1 aliphatic carbocycles. The highest BCUT2D eigenvalue weighted by Crippen LogP contribution is 2.47. The highest BCUT2D eigenvalue weighted by molar-refractivity contribution is 5.02. The van der Waals surface area contributed by atoms with Crippen molar-refractivity contribution in [3.8, 4) is 0 Å². The summed E-state index contributed by atoms with van der Waals surface area (Å²) in [6.07, 6.45) is 6.43. The molecule has 20 heavy (non-hydrogen) atoms. The average Bonchev–Trinajstić information content (AvgIpc) is 2.40. The van der Waals surface area contributed by atoms with Gasteiger partial charge in [0.1, 0.15) is 0 Å². The summed E-state index contributed by atoms with van der Waals surface area (Å²) in [6, 6.07) is 0. The molecule has 1 aliphatic heterocycles. The molecule has 3 heteroatoms. The highest BCUT2D eigenvalue weighted by atomic mass is 16.5. The molecule has 0 aromatic heterocycles.